The Bertz CT molecular complexity index is 489. The van der Waals surface area contributed by atoms with Crippen molar-refractivity contribution in [1.29, 1.82) is 0 Å². The number of halogens is 1. The third-order valence-electron chi connectivity index (χ3n) is 3.16. The van der Waals surface area contributed by atoms with Crippen LogP contribution in [-0.4, -0.2) is 35.4 Å². The van der Waals surface area contributed by atoms with Crippen molar-refractivity contribution in [2.45, 2.75) is 38.3 Å². The zero-order valence-electron chi connectivity index (χ0n) is 10.8. The number of nitrogens with zero attached hydrogens (tertiary/aromatic N) is 2. The van der Waals surface area contributed by atoms with E-state index < -0.39 is 10.0 Å². The molecule has 0 saturated heterocycles. The van der Waals surface area contributed by atoms with E-state index in [9.17, 15) is 8.42 Å². The van der Waals surface area contributed by atoms with Crippen LogP contribution in [0.1, 0.15) is 31.2 Å². The van der Waals surface area contributed by atoms with E-state index in [4.69, 9.17) is 11.6 Å². The first-order valence-corrected chi connectivity index (χ1v) is 8.72. The predicted octanol–water partition coefficient (Wildman–Crippen LogP) is 2.39. The average molecular weight is 303 g/mol. The summed E-state index contributed by atoms with van der Waals surface area (Å²) < 4.78 is 26.3. The van der Waals surface area contributed by atoms with E-state index in [-0.39, 0.29) is 11.8 Å². The topological polar surface area (TPSA) is 50.3 Å². The van der Waals surface area contributed by atoms with E-state index in [1.165, 1.54) is 0 Å². The van der Waals surface area contributed by atoms with Gasteiger partial charge in [-0.3, -0.25) is 4.98 Å². The largest absolute Gasteiger partial charge is 0.264 e. The first-order chi connectivity index (χ1) is 9.13. The highest BCUT2D eigenvalue weighted by molar-refractivity contribution is 7.89. The summed E-state index contributed by atoms with van der Waals surface area (Å²) in [6.45, 7) is 0.432. The zero-order chi connectivity index (χ0) is 13.7. The van der Waals surface area contributed by atoms with Crippen LogP contribution in [0.15, 0.2) is 24.5 Å². The van der Waals surface area contributed by atoms with Gasteiger partial charge in [-0.05, 0) is 37.3 Å². The second kappa shape index (κ2) is 6.68. The van der Waals surface area contributed by atoms with E-state index in [2.05, 4.69) is 4.98 Å². The van der Waals surface area contributed by atoms with E-state index in [0.29, 0.717) is 18.8 Å². The first kappa shape index (κ1) is 14.8. The van der Waals surface area contributed by atoms with Gasteiger partial charge in [-0.15, -0.1) is 11.6 Å². The molecule has 0 spiro atoms. The summed E-state index contributed by atoms with van der Waals surface area (Å²) in [6, 6.07) is 3.93. The van der Waals surface area contributed by atoms with Crippen LogP contribution in [0.4, 0.5) is 0 Å². The maximum Gasteiger partial charge on any atom is 0.214 e. The molecule has 0 unspecified atom stereocenters. The predicted molar refractivity (Wildman–Crippen MR) is 76.5 cm³/mol. The molecular weight excluding hydrogens is 284 g/mol. The van der Waals surface area contributed by atoms with Crippen molar-refractivity contribution in [1.82, 2.24) is 9.29 Å². The third-order valence-corrected chi connectivity index (χ3v) is 5.37. The molecule has 1 aliphatic carbocycles. The average Bonchev–Trinajstić information content (AvgIpc) is 3.21. The molecule has 0 amide bonds. The molecular formula is C13H19ClN2O2S. The van der Waals surface area contributed by atoms with E-state index in [1.807, 2.05) is 12.1 Å². The van der Waals surface area contributed by atoms with Gasteiger partial charge >= 0.3 is 0 Å². The first-order valence-electron chi connectivity index (χ1n) is 6.58. The highest BCUT2D eigenvalue weighted by atomic mass is 35.5. The molecule has 6 heteroatoms. The Morgan fingerprint density at radius 3 is 2.74 bits per heavy atom. The van der Waals surface area contributed by atoms with Crippen LogP contribution in [-0.2, 0) is 16.6 Å². The van der Waals surface area contributed by atoms with E-state index >= 15 is 0 Å². The monoisotopic (exact) mass is 302 g/mol. The van der Waals surface area contributed by atoms with Gasteiger partial charge < -0.3 is 0 Å². The van der Waals surface area contributed by atoms with Crippen molar-refractivity contribution in [3.05, 3.63) is 30.1 Å². The second-order valence-electron chi connectivity index (χ2n) is 4.85. The van der Waals surface area contributed by atoms with Gasteiger partial charge in [0, 0.05) is 30.9 Å². The Kier molecular flexibility index (Phi) is 5.19. The standard InChI is InChI=1S/C13H19ClN2O2S/c14-7-1-2-9-19(17,18)16(13-5-6-13)11-12-4-3-8-15-10-12/h3-4,8,10,13H,1-2,5-7,9,11H2. The number of rotatable bonds is 8. The normalized spacial score (nSPS) is 15.9. The van der Waals surface area contributed by atoms with Crippen molar-refractivity contribution in [2.24, 2.45) is 0 Å². The molecule has 0 atom stereocenters. The Morgan fingerprint density at radius 1 is 1.37 bits per heavy atom. The molecule has 19 heavy (non-hydrogen) atoms. The minimum Gasteiger partial charge on any atom is -0.264 e. The fourth-order valence-electron chi connectivity index (χ4n) is 1.98. The fraction of sp³-hybridized carbons (Fsp3) is 0.615. The van der Waals surface area contributed by atoms with Gasteiger partial charge in [0.25, 0.3) is 0 Å². The van der Waals surface area contributed by atoms with Crippen molar-refractivity contribution < 1.29 is 8.42 Å². The minimum atomic E-state index is -3.18. The van der Waals surface area contributed by atoms with Crippen LogP contribution in [0.5, 0.6) is 0 Å². The molecule has 0 aliphatic heterocycles. The Labute approximate surface area is 119 Å². The van der Waals surface area contributed by atoms with E-state index in [0.717, 1.165) is 24.8 Å². The van der Waals surface area contributed by atoms with Gasteiger partial charge in [0.2, 0.25) is 10.0 Å². The lowest BCUT2D eigenvalue weighted by atomic mass is 10.3. The lowest BCUT2D eigenvalue weighted by Crippen LogP contribution is -2.34. The van der Waals surface area contributed by atoms with Gasteiger partial charge in [-0.2, -0.15) is 4.31 Å². The Balaban J connectivity index is 2.03. The highest BCUT2D eigenvalue weighted by Gasteiger charge is 2.36. The van der Waals surface area contributed by atoms with Gasteiger partial charge in [0.1, 0.15) is 0 Å². The summed E-state index contributed by atoms with van der Waals surface area (Å²) in [6.07, 6.45) is 6.72. The summed E-state index contributed by atoms with van der Waals surface area (Å²) >= 11 is 5.60. The molecule has 0 bridgehead atoms. The molecule has 1 fully saturated rings. The molecule has 1 saturated carbocycles. The molecule has 106 valence electrons. The second-order valence-corrected chi connectivity index (χ2v) is 7.27. The van der Waals surface area contributed by atoms with E-state index in [1.54, 1.807) is 16.7 Å². The van der Waals surface area contributed by atoms with Crippen molar-refractivity contribution in [2.75, 3.05) is 11.6 Å². The van der Waals surface area contributed by atoms with Crippen LogP contribution in [0.2, 0.25) is 0 Å². The highest BCUT2D eigenvalue weighted by Crippen LogP contribution is 2.31. The minimum absolute atomic E-state index is 0.182. The van der Waals surface area contributed by atoms with Crippen LogP contribution in [0, 0.1) is 0 Å². The molecule has 2 rings (SSSR count). The zero-order valence-corrected chi connectivity index (χ0v) is 12.4. The number of hydrogen-bond acceptors (Lipinski definition) is 3. The summed E-state index contributed by atoms with van der Waals surface area (Å²) in [7, 11) is -3.18. The molecule has 1 aromatic heterocycles. The number of hydrogen-bond donors (Lipinski definition) is 0. The number of unbranched alkanes of at least 4 members (excludes halogenated alkanes) is 1. The summed E-state index contributed by atoms with van der Waals surface area (Å²) in [5.41, 5.74) is 0.940. The summed E-state index contributed by atoms with van der Waals surface area (Å²) in [5, 5.41) is 0. The molecule has 4 nitrogen and oxygen atoms in total. The molecule has 1 heterocycles. The van der Waals surface area contributed by atoms with Crippen molar-refractivity contribution in [3.63, 3.8) is 0 Å². The SMILES string of the molecule is O=S(=O)(CCCCCl)N(Cc1cccnc1)C1CC1. The molecule has 1 aliphatic rings. The number of sulfonamides is 1. The molecule has 1 aromatic rings. The van der Waals surface area contributed by atoms with Gasteiger partial charge in [-0.25, -0.2) is 8.42 Å². The molecule has 0 radical (unpaired) electrons. The number of pyridine rings is 1. The van der Waals surface area contributed by atoms with Crippen LogP contribution in [0.3, 0.4) is 0 Å². The lowest BCUT2D eigenvalue weighted by molar-refractivity contribution is 0.397. The maximum atomic E-state index is 12.4. The number of alkyl halides is 1. The Hall–Kier alpha value is -0.650. The summed E-state index contributed by atoms with van der Waals surface area (Å²) in [4.78, 5) is 4.04. The molecule has 0 N–H and O–H groups in total. The van der Waals surface area contributed by atoms with Crippen LogP contribution >= 0.6 is 11.6 Å². The van der Waals surface area contributed by atoms with Gasteiger partial charge in [0.15, 0.2) is 0 Å². The van der Waals surface area contributed by atoms with Crippen molar-refractivity contribution >= 4 is 21.6 Å². The summed E-state index contributed by atoms with van der Waals surface area (Å²) in [5.74, 6) is 0.706. The van der Waals surface area contributed by atoms with Crippen LogP contribution < -0.4 is 0 Å². The smallest absolute Gasteiger partial charge is 0.214 e. The lowest BCUT2D eigenvalue weighted by Gasteiger charge is -2.21. The van der Waals surface area contributed by atoms with Gasteiger partial charge in [-0.1, -0.05) is 6.07 Å². The quantitative estimate of drug-likeness (QED) is 0.547. The maximum absolute atomic E-state index is 12.4. The molecule has 0 aromatic carbocycles. The fourth-order valence-corrected chi connectivity index (χ4v) is 3.99. The van der Waals surface area contributed by atoms with Gasteiger partial charge in [0.05, 0.1) is 5.75 Å². The third kappa shape index (κ3) is 4.44. The Morgan fingerprint density at radius 2 is 2.16 bits per heavy atom. The number of aromatic nitrogens is 1. The van der Waals surface area contributed by atoms with Crippen molar-refractivity contribution in [3.8, 4) is 0 Å². The van der Waals surface area contributed by atoms with Crippen LogP contribution in [0.25, 0.3) is 0 Å².